The lowest BCUT2D eigenvalue weighted by Gasteiger charge is -2.03. The molecule has 1 aromatic heterocycles. The van der Waals surface area contributed by atoms with Gasteiger partial charge in [-0.2, -0.15) is 0 Å². The van der Waals surface area contributed by atoms with Crippen LogP contribution < -0.4 is 16.4 Å². The maximum absolute atomic E-state index is 11.2. The summed E-state index contributed by atoms with van der Waals surface area (Å²) in [5.41, 5.74) is 5.27. The smallest absolute Gasteiger partial charge is 0.321 e. The van der Waals surface area contributed by atoms with Gasteiger partial charge in [0.2, 0.25) is 5.88 Å². The summed E-state index contributed by atoms with van der Waals surface area (Å²) in [5.74, 6) is 0.405. The molecule has 0 spiro atoms. The molecule has 0 fully saturated rings. The van der Waals surface area contributed by atoms with Crippen LogP contribution in [0.4, 0.5) is 10.7 Å². The van der Waals surface area contributed by atoms with E-state index in [4.69, 9.17) is 10.2 Å². The van der Waals surface area contributed by atoms with Gasteiger partial charge in [-0.05, 0) is 35.0 Å². The Hall–Kier alpha value is -1.01. The number of amides is 2. The van der Waals surface area contributed by atoms with Crippen molar-refractivity contribution in [3.05, 3.63) is 16.8 Å². The summed E-state index contributed by atoms with van der Waals surface area (Å²) in [4.78, 5) is 11.2. The van der Waals surface area contributed by atoms with E-state index in [1.807, 2.05) is 0 Å². The van der Waals surface area contributed by atoms with E-state index in [0.717, 1.165) is 6.42 Å². The third-order valence-corrected chi connectivity index (χ3v) is 1.90. The molecule has 0 atom stereocenters. The SMILES string of the molecule is NCCCNC(=O)Nc1ccc(Br)o1. The summed E-state index contributed by atoms with van der Waals surface area (Å²) in [5, 5.41) is 5.17. The molecule has 0 bridgehead atoms. The van der Waals surface area contributed by atoms with Crippen LogP contribution in [0, 0.1) is 0 Å². The molecule has 1 aromatic rings. The molecule has 0 aliphatic rings. The van der Waals surface area contributed by atoms with Gasteiger partial charge in [0, 0.05) is 12.6 Å². The fraction of sp³-hybridized carbons (Fsp3) is 0.375. The molecular formula is C8H12BrN3O2. The Morgan fingerprint density at radius 1 is 1.57 bits per heavy atom. The van der Waals surface area contributed by atoms with Gasteiger partial charge in [-0.25, -0.2) is 4.79 Å². The quantitative estimate of drug-likeness (QED) is 0.719. The molecular weight excluding hydrogens is 250 g/mol. The fourth-order valence-electron chi connectivity index (χ4n) is 0.842. The summed E-state index contributed by atoms with van der Waals surface area (Å²) in [6.45, 7) is 1.12. The van der Waals surface area contributed by atoms with E-state index >= 15 is 0 Å². The number of nitrogens with two attached hydrogens (primary N) is 1. The van der Waals surface area contributed by atoms with E-state index in [1.165, 1.54) is 0 Å². The predicted octanol–water partition coefficient (Wildman–Crippen LogP) is 1.51. The second kappa shape index (κ2) is 5.66. The molecule has 0 radical (unpaired) electrons. The van der Waals surface area contributed by atoms with Crippen molar-refractivity contribution in [3.63, 3.8) is 0 Å². The summed E-state index contributed by atoms with van der Waals surface area (Å²) in [6.07, 6.45) is 0.759. The van der Waals surface area contributed by atoms with Crippen LogP contribution in [0.15, 0.2) is 21.2 Å². The number of hydrogen-bond donors (Lipinski definition) is 3. The first-order valence-corrected chi connectivity index (χ1v) is 5.02. The van der Waals surface area contributed by atoms with Gasteiger partial charge in [-0.3, -0.25) is 5.32 Å². The van der Waals surface area contributed by atoms with Crippen LogP contribution in [0.5, 0.6) is 0 Å². The zero-order valence-electron chi connectivity index (χ0n) is 7.55. The standard InChI is InChI=1S/C8H12BrN3O2/c9-6-2-3-7(14-6)12-8(13)11-5-1-4-10/h2-3H,1,4-5,10H2,(H2,11,12,13). The Balaban J connectivity index is 2.27. The van der Waals surface area contributed by atoms with Gasteiger partial charge in [0.15, 0.2) is 4.67 Å². The monoisotopic (exact) mass is 261 g/mol. The van der Waals surface area contributed by atoms with Gasteiger partial charge < -0.3 is 15.5 Å². The van der Waals surface area contributed by atoms with E-state index in [9.17, 15) is 4.79 Å². The highest BCUT2D eigenvalue weighted by Crippen LogP contribution is 2.17. The van der Waals surface area contributed by atoms with Crippen LogP contribution in [0.3, 0.4) is 0 Å². The molecule has 0 aliphatic heterocycles. The molecule has 78 valence electrons. The third kappa shape index (κ3) is 3.80. The van der Waals surface area contributed by atoms with Gasteiger partial charge in [0.25, 0.3) is 0 Å². The Bertz CT molecular complexity index is 301. The average Bonchev–Trinajstić information content (AvgIpc) is 2.52. The minimum atomic E-state index is -0.291. The Morgan fingerprint density at radius 3 is 2.93 bits per heavy atom. The highest BCUT2D eigenvalue weighted by atomic mass is 79.9. The van der Waals surface area contributed by atoms with Crippen molar-refractivity contribution in [1.82, 2.24) is 5.32 Å². The second-order valence-corrected chi connectivity index (χ2v) is 3.41. The first-order valence-electron chi connectivity index (χ1n) is 4.22. The highest BCUT2D eigenvalue weighted by molar-refractivity contribution is 9.10. The lowest BCUT2D eigenvalue weighted by atomic mass is 10.4. The van der Waals surface area contributed by atoms with Crippen molar-refractivity contribution >= 4 is 27.8 Å². The average molecular weight is 262 g/mol. The second-order valence-electron chi connectivity index (χ2n) is 2.63. The number of furan rings is 1. The summed E-state index contributed by atoms with van der Waals surface area (Å²) < 4.78 is 5.66. The number of urea groups is 1. The van der Waals surface area contributed by atoms with E-state index in [2.05, 4.69) is 26.6 Å². The minimum Gasteiger partial charge on any atom is -0.434 e. The number of carbonyl (C=O) groups is 1. The fourth-order valence-corrected chi connectivity index (χ4v) is 1.15. The molecule has 2 amide bonds. The Kier molecular flexibility index (Phi) is 4.48. The van der Waals surface area contributed by atoms with Gasteiger partial charge in [0.05, 0.1) is 0 Å². The minimum absolute atomic E-state index is 0.291. The molecule has 0 saturated carbocycles. The highest BCUT2D eigenvalue weighted by Gasteiger charge is 2.03. The number of carbonyl (C=O) groups excluding carboxylic acids is 1. The Morgan fingerprint density at radius 2 is 2.36 bits per heavy atom. The maximum Gasteiger partial charge on any atom is 0.321 e. The van der Waals surface area contributed by atoms with Crippen LogP contribution in [0.25, 0.3) is 0 Å². The van der Waals surface area contributed by atoms with E-state index < -0.39 is 0 Å². The van der Waals surface area contributed by atoms with Crippen LogP contribution in [-0.2, 0) is 0 Å². The number of rotatable bonds is 4. The largest absolute Gasteiger partial charge is 0.434 e. The van der Waals surface area contributed by atoms with Crippen molar-refractivity contribution in [2.75, 3.05) is 18.4 Å². The van der Waals surface area contributed by atoms with Crippen molar-refractivity contribution in [2.24, 2.45) is 5.73 Å². The normalized spacial score (nSPS) is 9.86. The molecule has 0 aromatic carbocycles. The van der Waals surface area contributed by atoms with Crippen LogP contribution in [0.2, 0.25) is 0 Å². The molecule has 6 heteroatoms. The third-order valence-electron chi connectivity index (χ3n) is 1.48. The topological polar surface area (TPSA) is 80.3 Å². The summed E-state index contributed by atoms with van der Waals surface area (Å²) in [7, 11) is 0. The van der Waals surface area contributed by atoms with Gasteiger partial charge >= 0.3 is 6.03 Å². The van der Waals surface area contributed by atoms with Crippen molar-refractivity contribution in [1.29, 1.82) is 0 Å². The van der Waals surface area contributed by atoms with E-state index in [-0.39, 0.29) is 6.03 Å². The molecule has 4 N–H and O–H groups in total. The van der Waals surface area contributed by atoms with Gasteiger partial charge in [0.1, 0.15) is 0 Å². The zero-order valence-corrected chi connectivity index (χ0v) is 9.13. The van der Waals surface area contributed by atoms with Crippen molar-refractivity contribution < 1.29 is 9.21 Å². The van der Waals surface area contributed by atoms with Crippen LogP contribution in [0.1, 0.15) is 6.42 Å². The number of nitrogens with one attached hydrogen (secondary N) is 2. The molecule has 14 heavy (non-hydrogen) atoms. The van der Waals surface area contributed by atoms with Crippen LogP contribution in [-0.4, -0.2) is 19.1 Å². The number of halogens is 1. The van der Waals surface area contributed by atoms with Gasteiger partial charge in [-0.15, -0.1) is 0 Å². The lowest BCUT2D eigenvalue weighted by Crippen LogP contribution is -2.30. The first-order chi connectivity index (χ1) is 6.72. The van der Waals surface area contributed by atoms with Gasteiger partial charge in [-0.1, -0.05) is 0 Å². The number of anilines is 1. The summed E-state index contributed by atoms with van der Waals surface area (Å²) in [6, 6.07) is 3.07. The zero-order chi connectivity index (χ0) is 10.4. The molecule has 0 saturated heterocycles. The molecule has 0 unspecified atom stereocenters. The molecule has 1 heterocycles. The summed E-state index contributed by atoms with van der Waals surface area (Å²) >= 11 is 3.13. The molecule has 0 aliphatic carbocycles. The Labute approximate surface area is 90.2 Å². The predicted molar refractivity (Wildman–Crippen MR) is 57.1 cm³/mol. The van der Waals surface area contributed by atoms with Crippen LogP contribution >= 0.6 is 15.9 Å². The maximum atomic E-state index is 11.2. The van der Waals surface area contributed by atoms with E-state index in [1.54, 1.807) is 12.1 Å². The van der Waals surface area contributed by atoms with Crippen molar-refractivity contribution in [2.45, 2.75) is 6.42 Å². The molecule has 1 rings (SSSR count). The first kappa shape index (κ1) is 11.1. The lowest BCUT2D eigenvalue weighted by molar-refractivity contribution is 0.251. The number of hydrogen-bond acceptors (Lipinski definition) is 3. The van der Waals surface area contributed by atoms with E-state index in [0.29, 0.717) is 23.6 Å². The molecule has 5 nitrogen and oxygen atoms in total. The van der Waals surface area contributed by atoms with Crippen molar-refractivity contribution in [3.8, 4) is 0 Å².